The number of aromatic nitrogens is 2. The van der Waals surface area contributed by atoms with Crippen LogP contribution in [0.4, 0.5) is 0 Å². The van der Waals surface area contributed by atoms with Crippen molar-refractivity contribution in [1.29, 1.82) is 0 Å². The van der Waals surface area contributed by atoms with Crippen molar-refractivity contribution in [2.75, 3.05) is 7.11 Å². The lowest BCUT2D eigenvalue weighted by Gasteiger charge is -2.03. The van der Waals surface area contributed by atoms with Crippen LogP contribution in [0.5, 0.6) is 5.88 Å². The van der Waals surface area contributed by atoms with Gasteiger partial charge in [0.1, 0.15) is 11.4 Å². The first-order chi connectivity index (χ1) is 5.65. The van der Waals surface area contributed by atoms with Gasteiger partial charge in [-0.3, -0.25) is 4.79 Å². The molecule has 0 aliphatic heterocycles. The van der Waals surface area contributed by atoms with Gasteiger partial charge in [-0.05, 0) is 6.92 Å². The van der Waals surface area contributed by atoms with Gasteiger partial charge in [-0.15, -0.1) is 0 Å². The van der Waals surface area contributed by atoms with Crippen molar-refractivity contribution >= 4 is 5.91 Å². The highest BCUT2D eigenvalue weighted by Crippen LogP contribution is 2.12. The summed E-state index contributed by atoms with van der Waals surface area (Å²) in [7, 11) is 1.42. The topological polar surface area (TPSA) is 78.1 Å². The minimum atomic E-state index is -0.591. The molecule has 1 heterocycles. The third-order valence-electron chi connectivity index (χ3n) is 1.33. The maximum absolute atomic E-state index is 10.8. The van der Waals surface area contributed by atoms with E-state index in [1.54, 1.807) is 6.92 Å². The Morgan fingerprint density at radius 3 is 2.83 bits per heavy atom. The molecule has 64 valence electrons. The summed E-state index contributed by atoms with van der Waals surface area (Å²) in [4.78, 5) is 18.4. The number of amides is 1. The fraction of sp³-hybridized carbons (Fsp3) is 0.286. The zero-order valence-electron chi connectivity index (χ0n) is 6.87. The Morgan fingerprint density at radius 2 is 2.33 bits per heavy atom. The lowest BCUT2D eigenvalue weighted by molar-refractivity contribution is 0.0996. The number of nitrogens with zero attached hydrogens (tertiary/aromatic N) is 2. The van der Waals surface area contributed by atoms with Crippen LogP contribution in [0.25, 0.3) is 0 Å². The number of primary amides is 1. The molecule has 1 rings (SSSR count). The standard InChI is InChI=1S/C7H9N3O2/c1-4-9-3-5(6(8)11)7(10-4)12-2/h3H,1-2H3,(H2,8,11). The quantitative estimate of drug-likeness (QED) is 0.666. The molecule has 1 amide bonds. The molecule has 0 spiro atoms. The van der Waals surface area contributed by atoms with Crippen molar-refractivity contribution in [3.8, 4) is 5.88 Å². The van der Waals surface area contributed by atoms with E-state index in [9.17, 15) is 4.79 Å². The van der Waals surface area contributed by atoms with Gasteiger partial charge in [-0.1, -0.05) is 0 Å². The first-order valence-electron chi connectivity index (χ1n) is 3.32. The molecule has 5 heteroatoms. The van der Waals surface area contributed by atoms with Gasteiger partial charge >= 0.3 is 0 Å². The van der Waals surface area contributed by atoms with Crippen LogP contribution in [0, 0.1) is 6.92 Å². The molecular formula is C7H9N3O2. The first kappa shape index (κ1) is 8.45. The molecule has 0 unspecified atom stereocenters. The van der Waals surface area contributed by atoms with Gasteiger partial charge in [-0.25, -0.2) is 4.98 Å². The number of nitrogens with two attached hydrogens (primary N) is 1. The third kappa shape index (κ3) is 1.50. The minimum absolute atomic E-state index is 0.197. The SMILES string of the molecule is COc1nc(C)ncc1C(N)=O. The van der Waals surface area contributed by atoms with Gasteiger partial charge in [0, 0.05) is 6.20 Å². The second-order valence-corrected chi connectivity index (χ2v) is 2.20. The molecule has 0 atom stereocenters. The Balaban J connectivity index is 3.20. The van der Waals surface area contributed by atoms with Crippen LogP contribution in [-0.4, -0.2) is 23.0 Å². The Kier molecular flexibility index (Phi) is 2.23. The van der Waals surface area contributed by atoms with Gasteiger partial charge in [-0.2, -0.15) is 4.98 Å². The summed E-state index contributed by atoms with van der Waals surface area (Å²) in [5.41, 5.74) is 5.24. The van der Waals surface area contributed by atoms with Crippen molar-refractivity contribution in [1.82, 2.24) is 9.97 Å². The van der Waals surface area contributed by atoms with E-state index < -0.39 is 5.91 Å². The lowest BCUT2D eigenvalue weighted by atomic mass is 10.3. The van der Waals surface area contributed by atoms with Crippen LogP contribution in [0.1, 0.15) is 16.2 Å². The van der Waals surface area contributed by atoms with E-state index >= 15 is 0 Å². The predicted octanol–water partition coefficient (Wildman–Crippen LogP) is -0.107. The van der Waals surface area contributed by atoms with Crippen LogP contribution < -0.4 is 10.5 Å². The van der Waals surface area contributed by atoms with Crippen molar-refractivity contribution in [3.05, 3.63) is 17.6 Å². The molecular weight excluding hydrogens is 158 g/mol. The van der Waals surface area contributed by atoms with Gasteiger partial charge < -0.3 is 10.5 Å². The van der Waals surface area contributed by atoms with E-state index in [4.69, 9.17) is 10.5 Å². The van der Waals surface area contributed by atoms with Crippen LogP contribution in [0.2, 0.25) is 0 Å². The number of hydrogen-bond acceptors (Lipinski definition) is 4. The third-order valence-corrected chi connectivity index (χ3v) is 1.33. The number of rotatable bonds is 2. The lowest BCUT2D eigenvalue weighted by Crippen LogP contribution is -2.14. The number of ether oxygens (including phenoxy) is 1. The van der Waals surface area contributed by atoms with Crippen LogP contribution in [0.3, 0.4) is 0 Å². The van der Waals surface area contributed by atoms with Crippen LogP contribution in [0.15, 0.2) is 6.20 Å². The molecule has 0 bridgehead atoms. The van der Waals surface area contributed by atoms with E-state index in [-0.39, 0.29) is 11.4 Å². The summed E-state index contributed by atoms with van der Waals surface area (Å²) in [6, 6.07) is 0. The number of carbonyl (C=O) groups excluding carboxylic acids is 1. The largest absolute Gasteiger partial charge is 0.480 e. The molecule has 0 saturated heterocycles. The predicted molar refractivity (Wildman–Crippen MR) is 41.8 cm³/mol. The van der Waals surface area contributed by atoms with Gasteiger partial charge in [0.2, 0.25) is 5.88 Å². The fourth-order valence-electron chi connectivity index (χ4n) is 0.774. The molecule has 1 aromatic heterocycles. The van der Waals surface area contributed by atoms with Gasteiger partial charge in [0.05, 0.1) is 7.11 Å². The molecule has 5 nitrogen and oxygen atoms in total. The molecule has 0 aliphatic rings. The zero-order chi connectivity index (χ0) is 9.14. The summed E-state index contributed by atoms with van der Waals surface area (Å²) in [6.45, 7) is 1.70. The Morgan fingerprint density at radius 1 is 1.67 bits per heavy atom. The van der Waals surface area contributed by atoms with Crippen molar-refractivity contribution in [2.24, 2.45) is 5.73 Å². The summed E-state index contributed by atoms with van der Waals surface area (Å²) in [5, 5.41) is 0. The second kappa shape index (κ2) is 3.17. The highest BCUT2D eigenvalue weighted by Gasteiger charge is 2.10. The van der Waals surface area contributed by atoms with Crippen molar-refractivity contribution in [2.45, 2.75) is 6.92 Å². The number of hydrogen-bond donors (Lipinski definition) is 1. The molecule has 0 radical (unpaired) electrons. The number of carbonyl (C=O) groups is 1. The van der Waals surface area contributed by atoms with Crippen LogP contribution in [-0.2, 0) is 0 Å². The average Bonchev–Trinajstić information content (AvgIpc) is 2.03. The molecule has 0 saturated carbocycles. The molecule has 2 N–H and O–H groups in total. The Labute approximate surface area is 69.6 Å². The summed E-state index contributed by atoms with van der Waals surface area (Å²) >= 11 is 0. The van der Waals surface area contributed by atoms with E-state index in [0.717, 1.165) is 0 Å². The minimum Gasteiger partial charge on any atom is -0.480 e. The fourth-order valence-corrected chi connectivity index (χ4v) is 0.774. The van der Waals surface area contributed by atoms with Crippen molar-refractivity contribution < 1.29 is 9.53 Å². The Hall–Kier alpha value is -1.65. The van der Waals surface area contributed by atoms with Crippen LogP contribution >= 0.6 is 0 Å². The molecule has 0 fully saturated rings. The number of aryl methyl sites for hydroxylation is 1. The van der Waals surface area contributed by atoms with E-state index in [2.05, 4.69) is 9.97 Å². The molecule has 0 aromatic carbocycles. The molecule has 1 aromatic rings. The Bertz CT molecular complexity index is 312. The van der Waals surface area contributed by atoms with E-state index in [1.165, 1.54) is 13.3 Å². The second-order valence-electron chi connectivity index (χ2n) is 2.20. The number of methoxy groups -OCH3 is 1. The average molecular weight is 167 g/mol. The van der Waals surface area contributed by atoms with E-state index in [1.807, 2.05) is 0 Å². The zero-order valence-corrected chi connectivity index (χ0v) is 6.87. The normalized spacial score (nSPS) is 9.50. The highest BCUT2D eigenvalue weighted by molar-refractivity contribution is 5.94. The maximum atomic E-state index is 10.8. The van der Waals surface area contributed by atoms with E-state index in [0.29, 0.717) is 5.82 Å². The maximum Gasteiger partial charge on any atom is 0.255 e. The molecule has 12 heavy (non-hydrogen) atoms. The van der Waals surface area contributed by atoms with Crippen molar-refractivity contribution in [3.63, 3.8) is 0 Å². The summed E-state index contributed by atoms with van der Waals surface area (Å²) in [5.74, 6) is 0.165. The highest BCUT2D eigenvalue weighted by atomic mass is 16.5. The van der Waals surface area contributed by atoms with Gasteiger partial charge in [0.25, 0.3) is 5.91 Å². The first-order valence-corrected chi connectivity index (χ1v) is 3.32. The summed E-state index contributed by atoms with van der Waals surface area (Å²) in [6.07, 6.45) is 1.35. The molecule has 0 aliphatic carbocycles. The smallest absolute Gasteiger partial charge is 0.255 e. The summed E-state index contributed by atoms with van der Waals surface area (Å²) < 4.78 is 4.84. The van der Waals surface area contributed by atoms with Gasteiger partial charge in [0.15, 0.2) is 0 Å². The monoisotopic (exact) mass is 167 g/mol.